The second-order valence-electron chi connectivity index (χ2n) is 10.6. The van der Waals surface area contributed by atoms with E-state index in [9.17, 15) is 4.79 Å². The van der Waals surface area contributed by atoms with Crippen LogP contribution in [0.15, 0.2) is 72.8 Å². The molecular weight excluding hydrogens is 468 g/mol. The van der Waals surface area contributed by atoms with Crippen LogP contribution in [0.5, 0.6) is 0 Å². The Hall–Kier alpha value is -4.05. The Kier molecular flexibility index (Phi) is 5.79. The average Bonchev–Trinajstić information content (AvgIpc) is 3.20. The van der Waals surface area contributed by atoms with Gasteiger partial charge in [0.15, 0.2) is 5.60 Å². The van der Waals surface area contributed by atoms with Gasteiger partial charge in [-0.2, -0.15) is 0 Å². The zero-order valence-corrected chi connectivity index (χ0v) is 22.8. The van der Waals surface area contributed by atoms with E-state index in [1.807, 2.05) is 18.2 Å². The summed E-state index contributed by atoms with van der Waals surface area (Å²) in [5, 5.41) is 3.68. The minimum Gasteiger partial charge on any atom is -0.441 e. The molecule has 0 fully saturated rings. The number of nitrogens with one attached hydrogen (secondary N) is 1. The molecule has 0 aromatic heterocycles. The number of ether oxygens (including phenoxy) is 1. The van der Waals surface area contributed by atoms with E-state index in [2.05, 4.69) is 99.4 Å². The Bertz CT molecular complexity index is 1580. The number of carbonyl (C=O) groups is 1. The van der Waals surface area contributed by atoms with Crippen LogP contribution in [0.3, 0.4) is 0 Å². The highest BCUT2D eigenvalue weighted by Gasteiger charge is 2.52. The van der Waals surface area contributed by atoms with Crippen LogP contribution in [0.2, 0.25) is 0 Å². The van der Waals surface area contributed by atoms with Crippen molar-refractivity contribution in [3.63, 3.8) is 0 Å². The SMILES string of the molecule is CCN(CC)c1ccc2c(c1)Cc1cc(C)c(Nc3ccc(C)cc3C)cc1C21OC(=O)c2ccccc21. The van der Waals surface area contributed by atoms with Crippen LogP contribution >= 0.6 is 0 Å². The van der Waals surface area contributed by atoms with Crippen LogP contribution in [-0.4, -0.2) is 19.1 Å². The number of anilines is 3. The molecule has 6 rings (SSSR count). The summed E-state index contributed by atoms with van der Waals surface area (Å²) in [5.41, 5.74) is 12.0. The van der Waals surface area contributed by atoms with Gasteiger partial charge in [0.2, 0.25) is 0 Å². The predicted molar refractivity (Wildman–Crippen MR) is 155 cm³/mol. The number of hydrogen-bond donors (Lipinski definition) is 1. The van der Waals surface area contributed by atoms with Crippen molar-refractivity contribution in [2.45, 2.75) is 46.6 Å². The summed E-state index contributed by atoms with van der Waals surface area (Å²) in [6, 6.07) is 25.4. The molecule has 0 saturated heterocycles. The normalized spacial score (nSPS) is 17.0. The van der Waals surface area contributed by atoms with Crippen molar-refractivity contribution in [1.29, 1.82) is 0 Å². The summed E-state index contributed by atoms with van der Waals surface area (Å²) < 4.78 is 6.47. The number of nitrogens with zero attached hydrogens (tertiary/aromatic N) is 1. The lowest BCUT2D eigenvalue weighted by molar-refractivity contribution is 0.0241. The summed E-state index contributed by atoms with van der Waals surface area (Å²) in [4.78, 5) is 15.7. The summed E-state index contributed by atoms with van der Waals surface area (Å²) in [7, 11) is 0. The number of benzene rings is 4. The average molecular weight is 503 g/mol. The van der Waals surface area contributed by atoms with E-state index in [1.54, 1.807) is 0 Å². The summed E-state index contributed by atoms with van der Waals surface area (Å²) in [5.74, 6) is -0.267. The van der Waals surface area contributed by atoms with Gasteiger partial charge in [-0.3, -0.25) is 0 Å². The maximum Gasteiger partial charge on any atom is 0.340 e. The molecule has 0 bridgehead atoms. The fourth-order valence-corrected chi connectivity index (χ4v) is 6.30. The van der Waals surface area contributed by atoms with Gasteiger partial charge >= 0.3 is 5.97 Å². The lowest BCUT2D eigenvalue weighted by atomic mass is 9.70. The first-order chi connectivity index (χ1) is 18.3. The molecule has 1 unspecified atom stereocenters. The van der Waals surface area contributed by atoms with Gasteiger partial charge in [0, 0.05) is 46.8 Å². The lowest BCUT2D eigenvalue weighted by Gasteiger charge is -2.38. The van der Waals surface area contributed by atoms with Gasteiger partial charge in [0.05, 0.1) is 5.56 Å². The van der Waals surface area contributed by atoms with E-state index in [0.717, 1.165) is 47.6 Å². The molecule has 0 amide bonds. The van der Waals surface area contributed by atoms with Gasteiger partial charge in [0.1, 0.15) is 0 Å². The van der Waals surface area contributed by atoms with Crippen molar-refractivity contribution in [2.24, 2.45) is 0 Å². The summed E-state index contributed by atoms with van der Waals surface area (Å²) in [6.07, 6.45) is 0.798. The van der Waals surface area contributed by atoms with Crippen molar-refractivity contribution in [3.8, 4) is 0 Å². The molecule has 1 heterocycles. The smallest absolute Gasteiger partial charge is 0.340 e. The Morgan fingerprint density at radius 3 is 2.29 bits per heavy atom. The number of rotatable bonds is 5. The minimum absolute atomic E-state index is 0.267. The molecule has 1 aliphatic heterocycles. The third-order valence-corrected chi connectivity index (χ3v) is 8.23. The van der Waals surface area contributed by atoms with Gasteiger partial charge in [-0.25, -0.2) is 4.79 Å². The zero-order chi connectivity index (χ0) is 26.6. The quantitative estimate of drug-likeness (QED) is 0.286. The number of hydrogen-bond acceptors (Lipinski definition) is 4. The molecule has 4 aromatic carbocycles. The fraction of sp³-hybridized carbons (Fsp3) is 0.265. The van der Waals surface area contributed by atoms with Gasteiger partial charge < -0.3 is 15.0 Å². The van der Waals surface area contributed by atoms with Gasteiger partial charge in [-0.15, -0.1) is 0 Å². The van der Waals surface area contributed by atoms with Gasteiger partial charge in [0.25, 0.3) is 0 Å². The van der Waals surface area contributed by atoms with Crippen molar-refractivity contribution in [1.82, 2.24) is 0 Å². The monoisotopic (exact) mass is 502 g/mol. The first-order valence-electron chi connectivity index (χ1n) is 13.5. The number of carbonyl (C=O) groups excluding carboxylic acids is 1. The highest BCUT2D eigenvalue weighted by atomic mass is 16.6. The molecule has 4 nitrogen and oxygen atoms in total. The van der Waals surface area contributed by atoms with E-state index in [1.165, 1.54) is 33.5 Å². The zero-order valence-electron chi connectivity index (χ0n) is 22.8. The van der Waals surface area contributed by atoms with E-state index in [4.69, 9.17) is 4.74 Å². The Morgan fingerprint density at radius 2 is 1.53 bits per heavy atom. The van der Waals surface area contributed by atoms with Crippen LogP contribution in [0.25, 0.3) is 0 Å². The molecular formula is C34H34N2O2. The third-order valence-electron chi connectivity index (χ3n) is 8.23. The maximum absolute atomic E-state index is 13.3. The summed E-state index contributed by atoms with van der Waals surface area (Å²) in [6.45, 7) is 12.6. The molecule has 4 heteroatoms. The molecule has 1 atom stereocenters. The minimum atomic E-state index is -0.967. The highest BCUT2D eigenvalue weighted by Crippen LogP contribution is 2.53. The number of aryl methyl sites for hydroxylation is 3. The Morgan fingerprint density at radius 1 is 0.789 bits per heavy atom. The molecule has 1 spiro atoms. The predicted octanol–water partition coefficient (Wildman–Crippen LogP) is 7.57. The molecule has 38 heavy (non-hydrogen) atoms. The van der Waals surface area contributed by atoms with E-state index in [-0.39, 0.29) is 5.97 Å². The standard InChI is InChI=1S/C34H34N2O2/c1-6-36(7-2)26-13-14-28-25(19-26)18-24-17-23(5)32(35-31-15-12-21(3)16-22(31)4)20-30(24)34(28)29-11-9-8-10-27(29)33(37)38-34/h8-17,19-20,35H,6-7,18H2,1-5H3. The van der Waals surface area contributed by atoms with E-state index >= 15 is 0 Å². The number of fused-ring (bicyclic) bond motifs is 6. The fourth-order valence-electron chi connectivity index (χ4n) is 6.30. The van der Waals surface area contributed by atoms with E-state index in [0.29, 0.717) is 5.56 Å². The van der Waals surface area contributed by atoms with Crippen LogP contribution in [0, 0.1) is 20.8 Å². The Balaban J connectivity index is 1.57. The van der Waals surface area contributed by atoms with Crippen LogP contribution < -0.4 is 10.2 Å². The largest absolute Gasteiger partial charge is 0.441 e. The first-order valence-corrected chi connectivity index (χ1v) is 13.5. The second kappa shape index (κ2) is 9.05. The molecule has 0 radical (unpaired) electrons. The number of esters is 1. The third kappa shape index (κ3) is 3.62. The second-order valence-corrected chi connectivity index (χ2v) is 10.6. The molecule has 0 saturated carbocycles. The molecule has 1 aliphatic carbocycles. The maximum atomic E-state index is 13.3. The molecule has 1 N–H and O–H groups in total. The van der Waals surface area contributed by atoms with Crippen molar-refractivity contribution >= 4 is 23.0 Å². The van der Waals surface area contributed by atoms with Gasteiger partial charge in [-0.05, 0) is 93.6 Å². The van der Waals surface area contributed by atoms with Crippen LogP contribution in [-0.2, 0) is 16.8 Å². The molecule has 192 valence electrons. The van der Waals surface area contributed by atoms with Gasteiger partial charge in [-0.1, -0.05) is 48.0 Å². The van der Waals surface area contributed by atoms with E-state index < -0.39 is 5.60 Å². The first kappa shape index (κ1) is 24.3. The highest BCUT2D eigenvalue weighted by molar-refractivity contribution is 5.97. The summed E-state index contributed by atoms with van der Waals surface area (Å²) >= 11 is 0. The van der Waals surface area contributed by atoms with Crippen molar-refractivity contribution in [3.05, 3.63) is 123 Å². The Labute approximate surface area is 225 Å². The molecule has 4 aromatic rings. The van der Waals surface area contributed by atoms with Crippen LogP contribution in [0.1, 0.15) is 68.7 Å². The topological polar surface area (TPSA) is 41.6 Å². The molecule has 2 aliphatic rings. The van der Waals surface area contributed by atoms with Crippen molar-refractivity contribution in [2.75, 3.05) is 23.3 Å². The van der Waals surface area contributed by atoms with Crippen molar-refractivity contribution < 1.29 is 9.53 Å². The van der Waals surface area contributed by atoms with Crippen LogP contribution in [0.4, 0.5) is 17.1 Å². The lowest BCUT2D eigenvalue weighted by Crippen LogP contribution is -2.35.